The normalized spacial score (nSPS) is 15.5. The van der Waals surface area contributed by atoms with Crippen molar-refractivity contribution in [2.45, 2.75) is 6.18 Å². The number of alkyl halides is 3. The SMILES string of the molecule is Cn1c(=O)n(C)c2c(N3CCN(c4ccc(C(F)(F)F)cn4)CC3)ncnc21. The smallest absolute Gasteiger partial charge is 0.353 e. The van der Waals surface area contributed by atoms with Crippen LogP contribution in [0.1, 0.15) is 5.56 Å². The molecule has 4 heterocycles. The second-order valence-electron chi connectivity index (χ2n) is 6.65. The zero-order valence-electron chi connectivity index (χ0n) is 15.3. The van der Waals surface area contributed by atoms with Gasteiger partial charge >= 0.3 is 11.9 Å². The van der Waals surface area contributed by atoms with Gasteiger partial charge in [-0.2, -0.15) is 13.2 Å². The predicted molar refractivity (Wildman–Crippen MR) is 97.4 cm³/mol. The van der Waals surface area contributed by atoms with Gasteiger partial charge in [-0.05, 0) is 12.1 Å². The van der Waals surface area contributed by atoms with Crippen LogP contribution in [0.25, 0.3) is 11.2 Å². The van der Waals surface area contributed by atoms with Crippen molar-refractivity contribution in [1.82, 2.24) is 24.1 Å². The number of nitrogens with zero attached hydrogens (tertiary/aromatic N) is 7. The maximum Gasteiger partial charge on any atom is 0.417 e. The topological polar surface area (TPSA) is 72.1 Å². The third-order valence-corrected chi connectivity index (χ3v) is 4.99. The molecule has 0 saturated carbocycles. The van der Waals surface area contributed by atoms with Crippen molar-refractivity contribution in [1.29, 1.82) is 0 Å². The zero-order chi connectivity index (χ0) is 20.1. The minimum Gasteiger partial charge on any atom is -0.353 e. The molecule has 28 heavy (non-hydrogen) atoms. The van der Waals surface area contributed by atoms with Gasteiger partial charge in [0.1, 0.15) is 17.7 Å². The minimum atomic E-state index is -4.39. The molecule has 1 aliphatic heterocycles. The van der Waals surface area contributed by atoms with E-state index < -0.39 is 11.7 Å². The van der Waals surface area contributed by atoms with Gasteiger partial charge in [-0.1, -0.05) is 0 Å². The van der Waals surface area contributed by atoms with Gasteiger partial charge in [-0.3, -0.25) is 9.13 Å². The van der Waals surface area contributed by atoms with Crippen LogP contribution in [-0.2, 0) is 20.3 Å². The number of halogens is 3. The van der Waals surface area contributed by atoms with Crippen molar-refractivity contribution < 1.29 is 13.2 Å². The van der Waals surface area contributed by atoms with Gasteiger partial charge in [-0.15, -0.1) is 0 Å². The first-order valence-electron chi connectivity index (χ1n) is 8.67. The molecule has 3 aromatic rings. The lowest BCUT2D eigenvalue weighted by Gasteiger charge is -2.36. The lowest BCUT2D eigenvalue weighted by Crippen LogP contribution is -2.47. The van der Waals surface area contributed by atoms with E-state index in [2.05, 4.69) is 15.0 Å². The van der Waals surface area contributed by atoms with Crippen LogP contribution in [0.15, 0.2) is 29.5 Å². The Hall–Kier alpha value is -3.11. The van der Waals surface area contributed by atoms with Crippen LogP contribution < -0.4 is 15.5 Å². The third-order valence-electron chi connectivity index (χ3n) is 4.99. The molecule has 8 nitrogen and oxygen atoms in total. The van der Waals surface area contributed by atoms with Gasteiger partial charge in [0, 0.05) is 46.5 Å². The van der Waals surface area contributed by atoms with E-state index in [0.717, 1.165) is 12.3 Å². The molecule has 0 N–H and O–H groups in total. The van der Waals surface area contributed by atoms with Crippen LogP contribution in [0, 0.1) is 0 Å². The second kappa shape index (κ2) is 6.50. The summed E-state index contributed by atoms with van der Waals surface area (Å²) in [4.78, 5) is 28.7. The summed E-state index contributed by atoms with van der Waals surface area (Å²) >= 11 is 0. The van der Waals surface area contributed by atoms with E-state index in [1.54, 1.807) is 14.1 Å². The number of imidazole rings is 1. The molecule has 3 aromatic heterocycles. The zero-order valence-corrected chi connectivity index (χ0v) is 15.3. The first-order chi connectivity index (χ1) is 13.3. The van der Waals surface area contributed by atoms with Crippen LogP contribution in [0.4, 0.5) is 24.8 Å². The summed E-state index contributed by atoms with van der Waals surface area (Å²) in [5.41, 5.74) is 0.285. The lowest BCUT2D eigenvalue weighted by atomic mass is 10.2. The molecule has 0 aliphatic carbocycles. The quantitative estimate of drug-likeness (QED) is 0.656. The Morgan fingerprint density at radius 2 is 1.61 bits per heavy atom. The maximum absolute atomic E-state index is 12.7. The monoisotopic (exact) mass is 393 g/mol. The highest BCUT2D eigenvalue weighted by molar-refractivity contribution is 5.84. The molecular formula is C17H18F3N7O. The van der Waals surface area contributed by atoms with Crippen LogP contribution in [0.5, 0.6) is 0 Å². The first-order valence-corrected chi connectivity index (χ1v) is 8.67. The van der Waals surface area contributed by atoms with Crippen LogP contribution in [0.2, 0.25) is 0 Å². The van der Waals surface area contributed by atoms with Crippen molar-refractivity contribution in [3.63, 3.8) is 0 Å². The van der Waals surface area contributed by atoms with Gasteiger partial charge < -0.3 is 9.80 Å². The molecule has 1 saturated heterocycles. The number of pyridine rings is 1. The van der Waals surface area contributed by atoms with Crippen molar-refractivity contribution in [2.24, 2.45) is 14.1 Å². The average molecular weight is 393 g/mol. The fourth-order valence-electron chi connectivity index (χ4n) is 3.44. The van der Waals surface area contributed by atoms with Crippen molar-refractivity contribution in [2.75, 3.05) is 36.0 Å². The molecule has 11 heteroatoms. The minimum absolute atomic E-state index is 0.177. The summed E-state index contributed by atoms with van der Waals surface area (Å²) in [5, 5.41) is 0. The Labute approximate surface area is 157 Å². The molecule has 0 amide bonds. The fourth-order valence-corrected chi connectivity index (χ4v) is 3.44. The number of rotatable bonds is 2. The van der Waals surface area contributed by atoms with Gasteiger partial charge in [-0.25, -0.2) is 19.7 Å². The Balaban J connectivity index is 1.54. The first kappa shape index (κ1) is 18.3. The van der Waals surface area contributed by atoms with E-state index >= 15 is 0 Å². The van der Waals surface area contributed by atoms with Gasteiger partial charge in [0.05, 0.1) is 5.56 Å². The summed E-state index contributed by atoms with van der Waals surface area (Å²) < 4.78 is 41.1. The van der Waals surface area contributed by atoms with Crippen molar-refractivity contribution >= 4 is 22.8 Å². The maximum atomic E-state index is 12.7. The summed E-state index contributed by atoms with van der Waals surface area (Å²) in [7, 11) is 3.34. The Bertz CT molecular complexity index is 1060. The van der Waals surface area contributed by atoms with E-state index in [9.17, 15) is 18.0 Å². The third kappa shape index (κ3) is 2.96. The highest BCUT2D eigenvalue weighted by atomic mass is 19.4. The molecule has 0 unspecified atom stereocenters. The largest absolute Gasteiger partial charge is 0.417 e. The van der Waals surface area contributed by atoms with E-state index in [-0.39, 0.29) is 5.69 Å². The molecule has 0 radical (unpaired) electrons. The average Bonchev–Trinajstić information content (AvgIpc) is 2.92. The number of aryl methyl sites for hydroxylation is 2. The molecule has 1 aliphatic rings. The summed E-state index contributed by atoms with van der Waals surface area (Å²) in [6.07, 6.45) is -2.11. The Morgan fingerprint density at radius 1 is 0.929 bits per heavy atom. The van der Waals surface area contributed by atoms with Crippen LogP contribution >= 0.6 is 0 Å². The molecule has 0 bridgehead atoms. The number of aromatic nitrogens is 5. The highest BCUT2D eigenvalue weighted by Crippen LogP contribution is 2.30. The number of fused-ring (bicyclic) bond motifs is 1. The van der Waals surface area contributed by atoms with Crippen molar-refractivity contribution in [3.8, 4) is 0 Å². The molecule has 4 rings (SSSR count). The summed E-state index contributed by atoms with van der Waals surface area (Å²) in [6, 6.07) is 2.44. The molecule has 1 fully saturated rings. The van der Waals surface area contributed by atoms with Crippen LogP contribution in [0.3, 0.4) is 0 Å². The second-order valence-corrected chi connectivity index (χ2v) is 6.65. The molecular weight excluding hydrogens is 375 g/mol. The number of hydrogen-bond acceptors (Lipinski definition) is 6. The molecule has 0 spiro atoms. The van der Waals surface area contributed by atoms with E-state index in [1.165, 1.54) is 21.5 Å². The molecule has 148 valence electrons. The van der Waals surface area contributed by atoms with Crippen molar-refractivity contribution in [3.05, 3.63) is 40.7 Å². The van der Waals surface area contributed by atoms with Crippen LogP contribution in [-0.4, -0.2) is 50.3 Å². The Kier molecular flexibility index (Phi) is 4.24. The summed E-state index contributed by atoms with van der Waals surface area (Å²) in [5.74, 6) is 1.18. The van der Waals surface area contributed by atoms with Gasteiger partial charge in [0.25, 0.3) is 0 Å². The van der Waals surface area contributed by atoms with Gasteiger partial charge in [0.2, 0.25) is 0 Å². The highest BCUT2D eigenvalue weighted by Gasteiger charge is 2.31. The van der Waals surface area contributed by atoms with Gasteiger partial charge in [0.15, 0.2) is 11.5 Å². The lowest BCUT2D eigenvalue weighted by molar-refractivity contribution is -0.137. The predicted octanol–water partition coefficient (Wildman–Crippen LogP) is 1.41. The standard InChI is InChI=1S/C17H18F3N7O/c1-24-13-14(25(2)16(24)28)22-10-23-15(13)27-7-5-26(6-8-27)12-4-3-11(9-21-12)17(18,19)20/h3-4,9-10H,5-8H2,1-2H3. The number of piperazine rings is 1. The summed E-state index contributed by atoms with van der Waals surface area (Å²) in [6.45, 7) is 2.34. The van der Waals surface area contributed by atoms with E-state index in [0.29, 0.717) is 49.0 Å². The molecule has 0 atom stereocenters. The molecule has 0 aromatic carbocycles. The van der Waals surface area contributed by atoms with E-state index in [4.69, 9.17) is 0 Å². The Morgan fingerprint density at radius 3 is 2.21 bits per heavy atom. The number of anilines is 2. The number of hydrogen-bond donors (Lipinski definition) is 0. The van der Waals surface area contributed by atoms with E-state index in [1.807, 2.05) is 9.80 Å². The fraction of sp³-hybridized carbons (Fsp3) is 0.412.